The Labute approximate surface area is 187 Å². The fourth-order valence-corrected chi connectivity index (χ4v) is 4.08. The number of carbonyl (C=O) groups is 3. The Bertz CT molecular complexity index is 1020. The topological polar surface area (TPSA) is 95.1 Å². The van der Waals surface area contributed by atoms with Gasteiger partial charge in [0.05, 0.1) is 36.5 Å². The van der Waals surface area contributed by atoms with E-state index in [1.807, 2.05) is 35.2 Å². The van der Waals surface area contributed by atoms with Crippen LogP contribution in [0.2, 0.25) is 0 Å². The van der Waals surface area contributed by atoms with Crippen molar-refractivity contribution in [1.29, 1.82) is 0 Å². The number of morpholine rings is 1. The molecular weight excluding hydrogens is 410 g/mol. The van der Waals surface area contributed by atoms with Crippen molar-refractivity contribution in [3.63, 3.8) is 0 Å². The Morgan fingerprint density at radius 3 is 2.59 bits per heavy atom. The lowest BCUT2D eigenvalue weighted by Gasteiger charge is -2.34. The SMILES string of the molecule is CC(=O)NCC(=O)N1CCOC(c2cc(C(=O)N3CCN(C)CC3)c3ccccc3n2)C1. The molecule has 9 nitrogen and oxygen atoms in total. The summed E-state index contributed by atoms with van der Waals surface area (Å²) in [5, 5.41) is 3.36. The summed E-state index contributed by atoms with van der Waals surface area (Å²) < 4.78 is 5.94. The van der Waals surface area contributed by atoms with Gasteiger partial charge in [0.15, 0.2) is 0 Å². The molecule has 1 unspecified atom stereocenters. The smallest absolute Gasteiger partial charge is 0.254 e. The molecule has 3 heterocycles. The third kappa shape index (κ3) is 4.89. The quantitative estimate of drug-likeness (QED) is 0.752. The monoisotopic (exact) mass is 439 g/mol. The van der Waals surface area contributed by atoms with Crippen LogP contribution in [0.15, 0.2) is 30.3 Å². The van der Waals surface area contributed by atoms with Crippen LogP contribution in [0.3, 0.4) is 0 Å². The molecule has 0 saturated carbocycles. The van der Waals surface area contributed by atoms with Crippen LogP contribution in [0.1, 0.15) is 29.1 Å². The van der Waals surface area contributed by atoms with Crippen LogP contribution in [0.4, 0.5) is 0 Å². The zero-order chi connectivity index (χ0) is 22.7. The molecule has 1 aromatic heterocycles. The number of ether oxygens (including phenoxy) is 1. The first-order valence-electron chi connectivity index (χ1n) is 10.9. The molecule has 2 aromatic rings. The molecule has 4 rings (SSSR count). The fraction of sp³-hybridized carbons (Fsp3) is 0.478. The Balaban J connectivity index is 1.59. The molecular formula is C23H29N5O4. The van der Waals surface area contributed by atoms with E-state index in [4.69, 9.17) is 9.72 Å². The maximum Gasteiger partial charge on any atom is 0.254 e. The first kappa shape index (κ1) is 22.2. The van der Waals surface area contributed by atoms with Crippen molar-refractivity contribution in [3.05, 3.63) is 41.6 Å². The van der Waals surface area contributed by atoms with Gasteiger partial charge in [-0.05, 0) is 19.2 Å². The number of hydrogen-bond donors (Lipinski definition) is 1. The number of benzene rings is 1. The molecule has 1 aromatic carbocycles. The fourth-order valence-electron chi connectivity index (χ4n) is 4.08. The molecule has 0 bridgehead atoms. The summed E-state index contributed by atoms with van der Waals surface area (Å²) in [5.74, 6) is -0.415. The first-order valence-corrected chi connectivity index (χ1v) is 10.9. The highest BCUT2D eigenvalue weighted by Gasteiger charge is 2.29. The van der Waals surface area contributed by atoms with E-state index in [-0.39, 0.29) is 24.3 Å². The van der Waals surface area contributed by atoms with Crippen LogP contribution in [0, 0.1) is 0 Å². The molecule has 1 N–H and O–H groups in total. The molecule has 32 heavy (non-hydrogen) atoms. The number of aromatic nitrogens is 1. The number of carbonyl (C=O) groups excluding carboxylic acids is 3. The van der Waals surface area contributed by atoms with E-state index in [1.54, 1.807) is 4.90 Å². The lowest BCUT2D eigenvalue weighted by molar-refractivity contribution is -0.139. The van der Waals surface area contributed by atoms with Crippen LogP contribution in [-0.4, -0.2) is 96.9 Å². The van der Waals surface area contributed by atoms with Crippen LogP contribution in [-0.2, 0) is 14.3 Å². The lowest BCUT2D eigenvalue weighted by atomic mass is 10.0. The minimum atomic E-state index is -0.436. The number of fused-ring (bicyclic) bond motifs is 1. The second-order valence-electron chi connectivity index (χ2n) is 8.32. The summed E-state index contributed by atoms with van der Waals surface area (Å²) in [6.45, 7) is 5.55. The van der Waals surface area contributed by atoms with E-state index in [2.05, 4.69) is 17.3 Å². The third-order valence-electron chi connectivity index (χ3n) is 5.99. The van der Waals surface area contributed by atoms with Crippen LogP contribution >= 0.6 is 0 Å². The number of rotatable bonds is 4. The van der Waals surface area contributed by atoms with Gasteiger partial charge in [0.1, 0.15) is 6.10 Å². The standard InChI is InChI=1S/C23H29N5O4/c1-16(29)24-14-22(30)28-11-12-32-21(15-28)20-13-18(17-5-3-4-6-19(17)25-20)23(31)27-9-7-26(2)8-10-27/h3-6,13,21H,7-12,14-15H2,1-2H3,(H,24,29). The molecule has 0 radical (unpaired) electrons. The molecule has 1 atom stereocenters. The second kappa shape index (κ2) is 9.62. The van der Waals surface area contributed by atoms with Crippen LogP contribution in [0.25, 0.3) is 10.9 Å². The van der Waals surface area contributed by atoms with Gasteiger partial charge in [0.25, 0.3) is 5.91 Å². The number of pyridine rings is 1. The number of piperazine rings is 1. The number of likely N-dealkylation sites (N-methyl/N-ethyl adjacent to an activating group) is 1. The highest BCUT2D eigenvalue weighted by Crippen LogP contribution is 2.27. The van der Waals surface area contributed by atoms with Crippen LogP contribution in [0.5, 0.6) is 0 Å². The van der Waals surface area contributed by atoms with E-state index in [1.165, 1.54) is 6.92 Å². The number of nitrogens with one attached hydrogen (secondary N) is 1. The van der Waals surface area contributed by atoms with Crippen LogP contribution < -0.4 is 5.32 Å². The van der Waals surface area contributed by atoms with E-state index in [9.17, 15) is 14.4 Å². The van der Waals surface area contributed by atoms with Crippen molar-refractivity contribution in [2.24, 2.45) is 0 Å². The van der Waals surface area contributed by atoms with E-state index in [0.717, 1.165) is 24.0 Å². The summed E-state index contributed by atoms with van der Waals surface area (Å²) in [7, 11) is 2.06. The van der Waals surface area contributed by atoms with Gasteiger partial charge in [-0.1, -0.05) is 18.2 Å². The second-order valence-corrected chi connectivity index (χ2v) is 8.32. The normalized spacial score (nSPS) is 19.8. The molecule has 0 spiro atoms. The van der Waals surface area contributed by atoms with Gasteiger partial charge in [-0.25, -0.2) is 4.98 Å². The number of para-hydroxylation sites is 1. The Kier molecular flexibility index (Phi) is 6.66. The predicted octanol–water partition coefficient (Wildman–Crippen LogP) is 0.658. The minimum absolute atomic E-state index is 0.00708. The molecule has 0 aliphatic carbocycles. The average molecular weight is 440 g/mol. The van der Waals surface area contributed by atoms with Gasteiger partial charge in [-0.15, -0.1) is 0 Å². The van der Waals surface area contributed by atoms with Gasteiger partial charge in [0, 0.05) is 45.0 Å². The van der Waals surface area contributed by atoms with E-state index < -0.39 is 6.10 Å². The number of amides is 3. The first-order chi connectivity index (χ1) is 15.4. The summed E-state index contributed by atoms with van der Waals surface area (Å²) in [6.07, 6.45) is -0.436. The zero-order valence-electron chi connectivity index (χ0n) is 18.5. The number of hydrogen-bond acceptors (Lipinski definition) is 6. The maximum absolute atomic E-state index is 13.4. The molecule has 2 aliphatic rings. The molecule has 2 fully saturated rings. The van der Waals surface area contributed by atoms with Gasteiger partial charge in [0.2, 0.25) is 11.8 Å². The van der Waals surface area contributed by atoms with E-state index in [0.29, 0.717) is 44.0 Å². The molecule has 2 aliphatic heterocycles. The molecule has 3 amide bonds. The summed E-state index contributed by atoms with van der Waals surface area (Å²) >= 11 is 0. The van der Waals surface area contributed by atoms with Crippen molar-refractivity contribution >= 4 is 28.6 Å². The van der Waals surface area contributed by atoms with Crippen molar-refractivity contribution in [1.82, 2.24) is 25.0 Å². The van der Waals surface area contributed by atoms with Gasteiger partial charge in [-0.3, -0.25) is 14.4 Å². The molecule has 170 valence electrons. The third-order valence-corrected chi connectivity index (χ3v) is 5.99. The largest absolute Gasteiger partial charge is 0.368 e. The van der Waals surface area contributed by atoms with Crippen molar-refractivity contribution in [2.45, 2.75) is 13.0 Å². The predicted molar refractivity (Wildman–Crippen MR) is 119 cm³/mol. The van der Waals surface area contributed by atoms with Gasteiger partial charge in [-0.2, -0.15) is 0 Å². The van der Waals surface area contributed by atoms with E-state index >= 15 is 0 Å². The highest BCUT2D eigenvalue weighted by molar-refractivity contribution is 6.06. The summed E-state index contributed by atoms with van der Waals surface area (Å²) in [5.41, 5.74) is 1.98. The Hall–Kier alpha value is -3.04. The van der Waals surface area contributed by atoms with Gasteiger partial charge >= 0.3 is 0 Å². The molecule has 9 heteroatoms. The van der Waals surface area contributed by atoms with Crippen molar-refractivity contribution in [3.8, 4) is 0 Å². The lowest BCUT2D eigenvalue weighted by Crippen LogP contribution is -2.47. The Morgan fingerprint density at radius 2 is 1.84 bits per heavy atom. The van der Waals surface area contributed by atoms with Gasteiger partial charge < -0.3 is 24.8 Å². The highest BCUT2D eigenvalue weighted by atomic mass is 16.5. The summed E-state index contributed by atoms with van der Waals surface area (Å²) in [6, 6.07) is 9.43. The maximum atomic E-state index is 13.4. The molecule has 2 saturated heterocycles. The average Bonchev–Trinajstić information content (AvgIpc) is 2.82. The number of nitrogens with zero attached hydrogens (tertiary/aromatic N) is 4. The minimum Gasteiger partial charge on any atom is -0.368 e. The zero-order valence-corrected chi connectivity index (χ0v) is 18.5. The van der Waals surface area contributed by atoms with Crippen molar-refractivity contribution < 1.29 is 19.1 Å². The van der Waals surface area contributed by atoms with Crippen molar-refractivity contribution in [2.75, 3.05) is 59.5 Å². The Morgan fingerprint density at radius 1 is 1.09 bits per heavy atom. The summed E-state index contributed by atoms with van der Waals surface area (Å²) in [4.78, 5) is 47.5.